The van der Waals surface area contributed by atoms with Gasteiger partial charge in [0.15, 0.2) is 0 Å². The molecule has 0 aromatic rings. The smallest absolute Gasteiger partial charge is 0.472 e. The number of ether oxygens (including phenoxy) is 2. The van der Waals surface area contributed by atoms with Gasteiger partial charge in [0.2, 0.25) is 0 Å². The summed E-state index contributed by atoms with van der Waals surface area (Å²) < 4.78 is 33.3. The van der Waals surface area contributed by atoms with E-state index in [1.807, 2.05) is 0 Å². The molecule has 0 amide bonds. The van der Waals surface area contributed by atoms with E-state index < -0.39 is 45.1 Å². The Balaban J connectivity index is 4.26. The van der Waals surface area contributed by atoms with Crippen LogP contribution in [0.3, 0.4) is 0 Å². The van der Waals surface area contributed by atoms with E-state index in [0.29, 0.717) is 13.0 Å². The predicted molar refractivity (Wildman–Crippen MR) is 231 cm³/mol. The van der Waals surface area contributed by atoms with Gasteiger partial charge in [0.25, 0.3) is 0 Å². The van der Waals surface area contributed by atoms with Gasteiger partial charge in [-0.1, -0.05) is 178 Å². The lowest BCUT2D eigenvalue weighted by Crippen LogP contribution is -2.34. The number of hydrogen-bond donors (Lipinski definition) is 3. The number of phosphoric acid groups is 1. The highest BCUT2D eigenvalue weighted by Crippen LogP contribution is 2.43. The lowest BCUT2D eigenvalue weighted by Gasteiger charge is -2.20. The molecule has 56 heavy (non-hydrogen) atoms. The third kappa shape index (κ3) is 40.1. The third-order valence-corrected chi connectivity index (χ3v) is 10.3. The molecule has 0 saturated heterocycles. The molecule has 0 bridgehead atoms. The number of rotatable bonds is 42. The van der Waals surface area contributed by atoms with Crippen LogP contribution in [-0.2, 0) is 32.7 Å². The number of esters is 1. The Morgan fingerprint density at radius 1 is 0.589 bits per heavy atom. The standard InChI is InChI=1S/C45H82NO9P/c1-3-5-7-9-11-13-15-17-19-21-22-23-25-27-29-31-33-35-37-44(47)55-42(40-53-56(50,51)54-41-43(46)45(48)49)39-52-38-36-34-32-30-28-26-24-20-18-16-14-12-10-8-6-4-2/h6,8,12,14,18,20,26,28,42-43H,3-5,7,9-11,13,15-17,19,21-25,27,29-41,46H2,1-2H3,(H,48,49)(H,50,51)/b8-6-,14-12-,20-18-,28-26-. The number of hydrogen-bond acceptors (Lipinski definition) is 8. The Morgan fingerprint density at radius 2 is 1.04 bits per heavy atom. The first kappa shape index (κ1) is 53.9. The van der Waals surface area contributed by atoms with Crippen molar-refractivity contribution in [1.82, 2.24) is 0 Å². The molecule has 0 heterocycles. The van der Waals surface area contributed by atoms with Gasteiger partial charge >= 0.3 is 19.8 Å². The second-order valence-electron chi connectivity index (χ2n) is 14.8. The summed E-state index contributed by atoms with van der Waals surface area (Å²) in [4.78, 5) is 33.5. The SMILES string of the molecule is CC/C=C\C/C=C\C/C=C\C/C=C\CCCCCOCC(COP(=O)(O)OCC(N)C(=O)O)OC(=O)CCCCCCCCCCCCCCCCCCCC. The minimum absolute atomic E-state index is 0.00360. The van der Waals surface area contributed by atoms with E-state index in [2.05, 4.69) is 62.5 Å². The first-order valence-electron chi connectivity index (χ1n) is 22.2. The van der Waals surface area contributed by atoms with Crippen molar-refractivity contribution in [3.8, 4) is 0 Å². The number of carboxylic acids is 1. The lowest BCUT2D eigenvalue weighted by molar-refractivity contribution is -0.154. The molecule has 0 aliphatic heterocycles. The van der Waals surface area contributed by atoms with Gasteiger partial charge in [-0.15, -0.1) is 0 Å². The average molecular weight is 812 g/mol. The number of carboxylic acid groups (broad SMARTS) is 1. The molecule has 3 atom stereocenters. The van der Waals surface area contributed by atoms with Crippen LogP contribution in [-0.4, -0.2) is 60.5 Å². The van der Waals surface area contributed by atoms with E-state index in [9.17, 15) is 19.0 Å². The van der Waals surface area contributed by atoms with Crippen molar-refractivity contribution in [2.75, 3.05) is 26.4 Å². The Hall–Kier alpha value is -2.07. The fourth-order valence-electron chi connectivity index (χ4n) is 5.95. The summed E-state index contributed by atoms with van der Waals surface area (Å²) in [6.07, 6.45) is 47.4. The van der Waals surface area contributed by atoms with Gasteiger partial charge in [0.1, 0.15) is 12.1 Å². The molecular weight excluding hydrogens is 729 g/mol. The van der Waals surface area contributed by atoms with Crippen LogP contribution < -0.4 is 5.73 Å². The Morgan fingerprint density at radius 3 is 1.54 bits per heavy atom. The molecule has 3 unspecified atom stereocenters. The van der Waals surface area contributed by atoms with Crippen LogP contribution in [0.5, 0.6) is 0 Å². The van der Waals surface area contributed by atoms with Crippen LogP contribution in [0.25, 0.3) is 0 Å². The van der Waals surface area contributed by atoms with Crippen molar-refractivity contribution in [2.45, 2.75) is 199 Å². The zero-order valence-corrected chi connectivity index (χ0v) is 36.4. The van der Waals surface area contributed by atoms with Gasteiger partial charge in [-0.2, -0.15) is 0 Å². The highest BCUT2D eigenvalue weighted by atomic mass is 31.2. The highest BCUT2D eigenvalue weighted by molar-refractivity contribution is 7.47. The maximum absolute atomic E-state index is 12.6. The molecule has 4 N–H and O–H groups in total. The number of nitrogens with two attached hydrogens (primary N) is 1. The molecule has 0 saturated carbocycles. The molecule has 326 valence electrons. The maximum atomic E-state index is 12.6. The molecular formula is C45H82NO9P. The van der Waals surface area contributed by atoms with Crippen LogP contribution in [0.4, 0.5) is 0 Å². The van der Waals surface area contributed by atoms with Crippen LogP contribution >= 0.6 is 7.82 Å². The Bertz CT molecular complexity index is 1080. The Labute approximate surface area is 341 Å². The van der Waals surface area contributed by atoms with Crippen molar-refractivity contribution in [3.63, 3.8) is 0 Å². The van der Waals surface area contributed by atoms with E-state index in [1.54, 1.807) is 0 Å². The summed E-state index contributed by atoms with van der Waals surface area (Å²) in [5.41, 5.74) is 5.35. The number of unbranched alkanes of at least 4 members (excludes halogenated alkanes) is 20. The van der Waals surface area contributed by atoms with Gasteiger partial charge in [0.05, 0.1) is 19.8 Å². The number of phosphoric ester groups is 1. The predicted octanol–water partition coefficient (Wildman–Crippen LogP) is 12.3. The molecule has 0 aliphatic carbocycles. The van der Waals surface area contributed by atoms with Crippen LogP contribution in [0.1, 0.15) is 187 Å². The van der Waals surface area contributed by atoms with Crippen LogP contribution in [0.15, 0.2) is 48.6 Å². The van der Waals surface area contributed by atoms with Gasteiger partial charge in [-0.25, -0.2) is 4.57 Å². The summed E-state index contributed by atoms with van der Waals surface area (Å²) >= 11 is 0. The highest BCUT2D eigenvalue weighted by Gasteiger charge is 2.27. The van der Waals surface area contributed by atoms with E-state index >= 15 is 0 Å². The molecule has 0 aromatic carbocycles. The van der Waals surface area contributed by atoms with Crippen molar-refractivity contribution < 1.29 is 42.7 Å². The van der Waals surface area contributed by atoms with Gasteiger partial charge < -0.3 is 25.2 Å². The summed E-state index contributed by atoms with van der Waals surface area (Å²) in [6, 6.07) is -1.48. The van der Waals surface area contributed by atoms with Gasteiger partial charge in [-0.05, 0) is 51.4 Å². The average Bonchev–Trinajstić information content (AvgIpc) is 3.18. The number of allylic oxidation sites excluding steroid dienone is 8. The van der Waals surface area contributed by atoms with Crippen LogP contribution in [0.2, 0.25) is 0 Å². The van der Waals surface area contributed by atoms with Crippen molar-refractivity contribution >= 4 is 19.8 Å². The zero-order chi connectivity index (χ0) is 41.2. The second kappa shape index (κ2) is 41.1. The van der Waals surface area contributed by atoms with Crippen molar-refractivity contribution in [2.24, 2.45) is 5.73 Å². The van der Waals surface area contributed by atoms with E-state index in [1.165, 1.54) is 89.9 Å². The molecule has 11 heteroatoms. The summed E-state index contributed by atoms with van der Waals surface area (Å²) in [5, 5.41) is 8.90. The largest absolute Gasteiger partial charge is 0.480 e. The van der Waals surface area contributed by atoms with E-state index in [-0.39, 0.29) is 13.0 Å². The minimum Gasteiger partial charge on any atom is -0.480 e. The van der Waals surface area contributed by atoms with E-state index in [0.717, 1.165) is 70.6 Å². The number of carbonyl (C=O) groups excluding carboxylic acids is 1. The van der Waals surface area contributed by atoms with E-state index in [4.69, 9.17) is 29.4 Å². The van der Waals surface area contributed by atoms with Gasteiger partial charge in [-0.3, -0.25) is 18.6 Å². The summed E-state index contributed by atoms with van der Waals surface area (Å²) in [5.74, 6) is -1.79. The molecule has 10 nitrogen and oxygen atoms in total. The molecule has 0 radical (unpaired) electrons. The third-order valence-electron chi connectivity index (χ3n) is 9.37. The number of carbonyl (C=O) groups is 2. The molecule has 0 rings (SSSR count). The summed E-state index contributed by atoms with van der Waals surface area (Å²) in [7, 11) is -4.62. The normalized spacial score (nSPS) is 14.4. The fourth-order valence-corrected chi connectivity index (χ4v) is 6.73. The molecule has 0 fully saturated rings. The first-order chi connectivity index (χ1) is 27.2. The monoisotopic (exact) mass is 812 g/mol. The van der Waals surface area contributed by atoms with Crippen LogP contribution in [0, 0.1) is 0 Å². The van der Waals surface area contributed by atoms with Crippen molar-refractivity contribution in [3.05, 3.63) is 48.6 Å². The number of aliphatic carboxylic acids is 1. The van der Waals surface area contributed by atoms with Gasteiger partial charge in [0, 0.05) is 13.0 Å². The maximum Gasteiger partial charge on any atom is 0.472 e. The fraction of sp³-hybridized carbons (Fsp3) is 0.778. The minimum atomic E-state index is -4.62. The molecule has 0 aromatic heterocycles. The quantitative estimate of drug-likeness (QED) is 0.0235. The Kier molecular flexibility index (Phi) is 39.6. The second-order valence-corrected chi connectivity index (χ2v) is 16.3. The van der Waals surface area contributed by atoms with Crippen molar-refractivity contribution in [1.29, 1.82) is 0 Å². The topological polar surface area (TPSA) is 155 Å². The molecule has 0 aliphatic rings. The zero-order valence-electron chi connectivity index (χ0n) is 35.5. The first-order valence-corrected chi connectivity index (χ1v) is 23.7. The lowest BCUT2D eigenvalue weighted by atomic mass is 10.0. The summed E-state index contributed by atoms with van der Waals surface area (Å²) in [6.45, 7) is 3.70. The molecule has 0 spiro atoms.